The van der Waals surface area contributed by atoms with Crippen molar-refractivity contribution in [3.05, 3.63) is 39.9 Å². The third-order valence-corrected chi connectivity index (χ3v) is 2.77. The van der Waals surface area contributed by atoms with Gasteiger partial charge in [0.25, 0.3) is 0 Å². The Morgan fingerprint density at radius 2 is 1.62 bits per heavy atom. The summed E-state index contributed by atoms with van der Waals surface area (Å²) in [6, 6.07) is 4.47. The van der Waals surface area contributed by atoms with Gasteiger partial charge in [-0.2, -0.15) is 0 Å². The summed E-state index contributed by atoms with van der Waals surface area (Å²) in [5, 5.41) is 0.734. The van der Waals surface area contributed by atoms with Crippen LogP contribution in [-0.4, -0.2) is 18.5 Å². The first-order valence-electron chi connectivity index (χ1n) is 6.32. The molecule has 0 atom stereocenters. The summed E-state index contributed by atoms with van der Waals surface area (Å²) in [5.74, 6) is -0.753. The fourth-order valence-corrected chi connectivity index (χ4v) is 1.85. The Hall–Kier alpha value is -1.52. The second-order valence-corrected chi connectivity index (χ2v) is 5.42. The Morgan fingerprint density at radius 3 is 2.19 bits per heavy atom. The van der Waals surface area contributed by atoms with E-state index in [9.17, 15) is 9.59 Å². The van der Waals surface area contributed by atoms with Gasteiger partial charge in [0.1, 0.15) is 12.4 Å². The van der Waals surface area contributed by atoms with Crippen molar-refractivity contribution in [2.75, 3.05) is 6.61 Å². The second-order valence-electron chi connectivity index (χ2n) is 4.54. The normalized spacial score (nSPS) is 9.90. The van der Waals surface area contributed by atoms with E-state index < -0.39 is 11.9 Å². The van der Waals surface area contributed by atoms with Crippen molar-refractivity contribution in [2.24, 2.45) is 0 Å². The molecule has 114 valence electrons. The lowest BCUT2D eigenvalue weighted by molar-refractivity contribution is -0.146. The molecule has 0 N–H and O–H groups in total. The molecule has 6 heteroatoms. The molecule has 0 saturated carbocycles. The molecule has 0 unspecified atom stereocenters. The number of rotatable bonds is 6. The maximum Gasteiger partial charge on any atom is 0.311 e. The van der Waals surface area contributed by atoms with E-state index in [0.29, 0.717) is 10.0 Å². The zero-order chi connectivity index (χ0) is 15.8. The van der Waals surface area contributed by atoms with Gasteiger partial charge >= 0.3 is 11.9 Å². The summed E-state index contributed by atoms with van der Waals surface area (Å²) in [4.78, 5) is 23.0. The molecule has 0 radical (unpaired) electrons. The van der Waals surface area contributed by atoms with Crippen molar-refractivity contribution >= 4 is 35.1 Å². The zero-order valence-electron chi connectivity index (χ0n) is 11.8. The van der Waals surface area contributed by atoms with E-state index in [-0.39, 0.29) is 25.2 Å². The van der Waals surface area contributed by atoms with Gasteiger partial charge in [-0.1, -0.05) is 28.8 Å². The third-order valence-electron chi connectivity index (χ3n) is 2.34. The minimum atomic E-state index is -0.549. The molecular weight excluding hydrogens is 315 g/mol. The Morgan fingerprint density at radius 1 is 1.05 bits per heavy atom. The monoisotopic (exact) mass is 330 g/mol. The van der Waals surface area contributed by atoms with E-state index in [2.05, 4.69) is 0 Å². The highest BCUT2D eigenvalue weighted by atomic mass is 35.5. The summed E-state index contributed by atoms with van der Waals surface area (Å²) >= 11 is 11.6. The summed E-state index contributed by atoms with van der Waals surface area (Å²) in [6.07, 6.45) is 1.67. The maximum absolute atomic E-state index is 11.6. The molecule has 0 spiro atoms. The lowest BCUT2D eigenvalue weighted by Gasteiger charge is -2.05. The van der Waals surface area contributed by atoms with Crippen LogP contribution in [0, 0.1) is 0 Å². The van der Waals surface area contributed by atoms with E-state index >= 15 is 0 Å². The van der Waals surface area contributed by atoms with Gasteiger partial charge in [-0.05, 0) is 38.1 Å². The molecule has 0 aliphatic carbocycles. The summed E-state index contributed by atoms with van der Waals surface area (Å²) < 4.78 is 9.97. The highest BCUT2D eigenvalue weighted by Crippen LogP contribution is 2.24. The molecule has 0 heterocycles. The topological polar surface area (TPSA) is 52.6 Å². The lowest BCUT2D eigenvalue weighted by atomic mass is 10.3. The van der Waals surface area contributed by atoms with Gasteiger partial charge in [-0.25, -0.2) is 0 Å². The minimum Gasteiger partial charge on any atom is -0.461 e. The van der Waals surface area contributed by atoms with E-state index in [0.717, 1.165) is 5.57 Å². The molecule has 1 aromatic rings. The first kappa shape index (κ1) is 17.5. The molecule has 0 saturated heterocycles. The lowest BCUT2D eigenvalue weighted by Crippen LogP contribution is -2.12. The summed E-state index contributed by atoms with van der Waals surface area (Å²) in [5.41, 5.74) is 1.06. The molecule has 0 fully saturated rings. The summed E-state index contributed by atoms with van der Waals surface area (Å²) in [6.45, 7) is 4.02. The number of ether oxygens (including phenoxy) is 2. The minimum absolute atomic E-state index is 0.0380. The van der Waals surface area contributed by atoms with Crippen LogP contribution in [0.1, 0.15) is 26.7 Å². The van der Waals surface area contributed by atoms with E-state index in [4.69, 9.17) is 32.7 Å². The first-order valence-corrected chi connectivity index (χ1v) is 7.08. The van der Waals surface area contributed by atoms with Crippen LogP contribution in [0.3, 0.4) is 0 Å². The molecule has 0 amide bonds. The van der Waals surface area contributed by atoms with Crippen molar-refractivity contribution in [1.82, 2.24) is 0 Å². The SMILES string of the molecule is CC(C)=CCOC(=O)CCC(=O)Oc1cc(Cl)cc(Cl)c1. The number of benzene rings is 1. The van der Waals surface area contributed by atoms with Crippen LogP contribution in [0.5, 0.6) is 5.75 Å². The van der Waals surface area contributed by atoms with Gasteiger partial charge in [0.05, 0.1) is 12.8 Å². The van der Waals surface area contributed by atoms with Crippen LogP contribution in [0.15, 0.2) is 29.8 Å². The van der Waals surface area contributed by atoms with Gasteiger partial charge in [-0.3, -0.25) is 9.59 Å². The van der Waals surface area contributed by atoms with Crippen molar-refractivity contribution in [3.8, 4) is 5.75 Å². The van der Waals surface area contributed by atoms with Crippen molar-refractivity contribution < 1.29 is 19.1 Å². The van der Waals surface area contributed by atoms with Crippen molar-refractivity contribution in [3.63, 3.8) is 0 Å². The van der Waals surface area contributed by atoms with Crippen LogP contribution in [0.2, 0.25) is 10.0 Å². The number of halogens is 2. The Kier molecular flexibility index (Phi) is 7.26. The Bertz CT molecular complexity index is 528. The molecule has 21 heavy (non-hydrogen) atoms. The number of carbonyl (C=O) groups is 2. The highest BCUT2D eigenvalue weighted by Gasteiger charge is 2.10. The average molecular weight is 331 g/mol. The number of allylic oxidation sites excluding steroid dienone is 1. The second kappa shape index (κ2) is 8.70. The van der Waals surface area contributed by atoms with Crippen LogP contribution < -0.4 is 4.74 Å². The molecular formula is C15H16Cl2O4. The number of hydrogen-bond donors (Lipinski definition) is 0. The van der Waals surface area contributed by atoms with E-state index in [1.165, 1.54) is 18.2 Å². The van der Waals surface area contributed by atoms with Crippen LogP contribution >= 0.6 is 23.2 Å². The maximum atomic E-state index is 11.6. The van der Waals surface area contributed by atoms with Gasteiger partial charge in [0.2, 0.25) is 0 Å². The van der Waals surface area contributed by atoms with Gasteiger partial charge in [0, 0.05) is 10.0 Å². The quantitative estimate of drug-likeness (QED) is 0.446. The average Bonchev–Trinajstić information content (AvgIpc) is 2.34. The standard InChI is InChI=1S/C15H16Cl2O4/c1-10(2)5-6-20-14(18)3-4-15(19)21-13-8-11(16)7-12(17)9-13/h5,7-9H,3-4,6H2,1-2H3. The zero-order valence-corrected chi connectivity index (χ0v) is 13.3. The highest BCUT2D eigenvalue weighted by molar-refractivity contribution is 6.34. The molecule has 0 aliphatic rings. The van der Waals surface area contributed by atoms with Gasteiger partial charge < -0.3 is 9.47 Å². The first-order chi connectivity index (χ1) is 9.86. The van der Waals surface area contributed by atoms with Crippen molar-refractivity contribution in [2.45, 2.75) is 26.7 Å². The third kappa shape index (κ3) is 7.73. The molecule has 0 aromatic heterocycles. The molecule has 4 nitrogen and oxygen atoms in total. The fraction of sp³-hybridized carbons (Fsp3) is 0.333. The van der Waals surface area contributed by atoms with Crippen LogP contribution in [0.4, 0.5) is 0 Å². The van der Waals surface area contributed by atoms with Crippen LogP contribution in [0.25, 0.3) is 0 Å². The number of carbonyl (C=O) groups excluding carboxylic acids is 2. The number of hydrogen-bond acceptors (Lipinski definition) is 4. The molecule has 1 rings (SSSR count). The largest absolute Gasteiger partial charge is 0.461 e. The van der Waals surface area contributed by atoms with Gasteiger partial charge in [-0.15, -0.1) is 0 Å². The van der Waals surface area contributed by atoms with Gasteiger partial charge in [0.15, 0.2) is 0 Å². The molecule has 0 bridgehead atoms. The Balaban J connectivity index is 2.37. The smallest absolute Gasteiger partial charge is 0.311 e. The molecule has 1 aromatic carbocycles. The number of esters is 2. The van der Waals surface area contributed by atoms with E-state index in [1.807, 2.05) is 13.8 Å². The fourth-order valence-electron chi connectivity index (χ4n) is 1.35. The Labute approximate surface area is 133 Å². The predicted molar refractivity (Wildman–Crippen MR) is 81.7 cm³/mol. The molecule has 0 aliphatic heterocycles. The van der Waals surface area contributed by atoms with Crippen LogP contribution in [-0.2, 0) is 14.3 Å². The van der Waals surface area contributed by atoms with Crippen molar-refractivity contribution in [1.29, 1.82) is 0 Å². The van der Waals surface area contributed by atoms with E-state index in [1.54, 1.807) is 6.08 Å². The summed E-state index contributed by atoms with van der Waals surface area (Å²) in [7, 11) is 0. The predicted octanol–water partition coefficient (Wildman–Crippen LogP) is 4.19.